The fourth-order valence-corrected chi connectivity index (χ4v) is 2.39. The number of benzene rings is 1. The molecule has 3 rings (SSSR count). The number of carbonyl (C=O) groups is 1. The number of methoxy groups -OCH3 is 1. The van der Waals surface area contributed by atoms with E-state index in [9.17, 15) is 9.18 Å². The van der Waals surface area contributed by atoms with Gasteiger partial charge >= 0.3 is 0 Å². The first-order valence-corrected chi connectivity index (χ1v) is 7.29. The molecule has 8 heteroatoms. The molecule has 24 heavy (non-hydrogen) atoms. The average molecular weight is 329 g/mol. The first-order valence-electron chi connectivity index (χ1n) is 7.29. The molecule has 0 unspecified atom stereocenters. The van der Waals surface area contributed by atoms with Crippen LogP contribution in [0.5, 0.6) is 5.75 Å². The number of halogens is 1. The van der Waals surface area contributed by atoms with Crippen molar-refractivity contribution in [1.82, 2.24) is 19.6 Å². The summed E-state index contributed by atoms with van der Waals surface area (Å²) in [6, 6.07) is 5.78. The molecule has 0 radical (unpaired) electrons. The third-order valence-electron chi connectivity index (χ3n) is 3.42. The van der Waals surface area contributed by atoms with Gasteiger partial charge in [0.05, 0.1) is 19.2 Å². The van der Waals surface area contributed by atoms with E-state index in [2.05, 4.69) is 20.4 Å². The zero-order valence-corrected chi connectivity index (χ0v) is 13.5. The lowest BCUT2D eigenvalue weighted by molar-refractivity contribution is -0.115. The Morgan fingerprint density at radius 2 is 2.08 bits per heavy atom. The van der Waals surface area contributed by atoms with Gasteiger partial charge in [0.25, 0.3) is 5.78 Å². The average Bonchev–Trinajstić information content (AvgIpc) is 2.91. The van der Waals surface area contributed by atoms with Crippen LogP contribution >= 0.6 is 0 Å². The van der Waals surface area contributed by atoms with Gasteiger partial charge in [0.1, 0.15) is 11.6 Å². The number of amides is 1. The van der Waals surface area contributed by atoms with Crippen LogP contribution in [0.2, 0.25) is 0 Å². The molecule has 0 aliphatic carbocycles. The van der Waals surface area contributed by atoms with E-state index < -0.39 is 5.82 Å². The van der Waals surface area contributed by atoms with Gasteiger partial charge < -0.3 is 10.1 Å². The molecule has 0 atom stereocenters. The van der Waals surface area contributed by atoms with Crippen LogP contribution < -0.4 is 10.1 Å². The van der Waals surface area contributed by atoms with E-state index in [4.69, 9.17) is 4.74 Å². The van der Waals surface area contributed by atoms with Crippen molar-refractivity contribution in [2.24, 2.45) is 0 Å². The van der Waals surface area contributed by atoms with Crippen molar-refractivity contribution in [3.05, 3.63) is 47.3 Å². The molecule has 7 nitrogen and oxygen atoms in total. The Labute approximate surface area is 137 Å². The van der Waals surface area contributed by atoms with Crippen LogP contribution in [0.25, 0.3) is 5.78 Å². The molecular formula is C16H16FN5O2. The summed E-state index contributed by atoms with van der Waals surface area (Å²) in [6.45, 7) is 3.76. The van der Waals surface area contributed by atoms with E-state index >= 15 is 0 Å². The summed E-state index contributed by atoms with van der Waals surface area (Å²) < 4.78 is 19.8. The van der Waals surface area contributed by atoms with E-state index in [0.717, 1.165) is 11.4 Å². The molecular weight excluding hydrogens is 313 g/mol. The second-order valence-corrected chi connectivity index (χ2v) is 5.35. The standard InChI is InChI=1S/C16H16FN5O2/c1-9-6-10(2)22-16(18-9)20-14(21-22)8-15(23)19-12-5-4-11(17)7-13(12)24-3/h4-7H,8H2,1-3H3,(H,19,23). The molecule has 0 aliphatic rings. The molecule has 2 aromatic heterocycles. The molecule has 0 spiro atoms. The van der Waals surface area contributed by atoms with Crippen LogP contribution in [0.3, 0.4) is 0 Å². The number of fused-ring (bicyclic) bond motifs is 1. The number of hydrogen-bond donors (Lipinski definition) is 1. The molecule has 1 amide bonds. The number of aromatic nitrogens is 4. The number of anilines is 1. The van der Waals surface area contributed by atoms with E-state index in [0.29, 0.717) is 17.3 Å². The Bertz CT molecular complexity index is 922. The molecule has 1 N–H and O–H groups in total. The quantitative estimate of drug-likeness (QED) is 0.792. The molecule has 0 fully saturated rings. The molecule has 124 valence electrons. The minimum atomic E-state index is -0.441. The van der Waals surface area contributed by atoms with Gasteiger partial charge in [-0.3, -0.25) is 4.79 Å². The van der Waals surface area contributed by atoms with E-state index in [-0.39, 0.29) is 18.1 Å². The van der Waals surface area contributed by atoms with Crippen LogP contribution in [0, 0.1) is 19.7 Å². The molecule has 0 bridgehead atoms. The zero-order valence-electron chi connectivity index (χ0n) is 13.5. The lowest BCUT2D eigenvalue weighted by Gasteiger charge is -2.09. The second-order valence-electron chi connectivity index (χ2n) is 5.35. The Morgan fingerprint density at radius 3 is 2.83 bits per heavy atom. The smallest absolute Gasteiger partial charge is 0.252 e. The summed E-state index contributed by atoms with van der Waals surface area (Å²) in [5.74, 6) is 0.290. The van der Waals surface area contributed by atoms with Crippen LogP contribution in [0.15, 0.2) is 24.3 Å². The minimum Gasteiger partial charge on any atom is -0.494 e. The fourth-order valence-electron chi connectivity index (χ4n) is 2.39. The van der Waals surface area contributed by atoms with Crippen LogP contribution in [-0.4, -0.2) is 32.6 Å². The number of nitrogens with one attached hydrogen (secondary N) is 1. The predicted molar refractivity (Wildman–Crippen MR) is 85.5 cm³/mol. The highest BCUT2D eigenvalue weighted by atomic mass is 19.1. The van der Waals surface area contributed by atoms with Crippen molar-refractivity contribution in [2.45, 2.75) is 20.3 Å². The van der Waals surface area contributed by atoms with Gasteiger partial charge in [-0.2, -0.15) is 4.98 Å². The van der Waals surface area contributed by atoms with E-state index in [1.54, 1.807) is 4.52 Å². The minimum absolute atomic E-state index is 0.0254. The molecule has 2 heterocycles. The van der Waals surface area contributed by atoms with Gasteiger partial charge in [-0.25, -0.2) is 13.9 Å². The highest BCUT2D eigenvalue weighted by molar-refractivity contribution is 5.93. The monoisotopic (exact) mass is 329 g/mol. The predicted octanol–water partition coefficient (Wildman–Crippen LogP) is 2.07. The van der Waals surface area contributed by atoms with E-state index in [1.807, 2.05) is 19.9 Å². The SMILES string of the molecule is COc1cc(F)ccc1NC(=O)Cc1nc2nc(C)cc(C)n2n1. The van der Waals surface area contributed by atoms with Gasteiger partial charge in [-0.15, -0.1) is 5.10 Å². The summed E-state index contributed by atoms with van der Waals surface area (Å²) in [7, 11) is 1.41. The molecule has 3 aromatic rings. The van der Waals surface area contributed by atoms with Crippen molar-refractivity contribution in [3.63, 3.8) is 0 Å². The summed E-state index contributed by atoms with van der Waals surface area (Å²) in [6.07, 6.45) is -0.0254. The first kappa shape index (κ1) is 15.9. The summed E-state index contributed by atoms with van der Waals surface area (Å²) in [4.78, 5) is 20.7. The van der Waals surface area contributed by atoms with Gasteiger partial charge in [-0.1, -0.05) is 0 Å². The number of aryl methyl sites for hydroxylation is 2. The van der Waals surface area contributed by atoms with Crippen molar-refractivity contribution in [1.29, 1.82) is 0 Å². The highest BCUT2D eigenvalue weighted by Crippen LogP contribution is 2.25. The van der Waals surface area contributed by atoms with Gasteiger partial charge in [0.15, 0.2) is 5.82 Å². The summed E-state index contributed by atoms with van der Waals surface area (Å²) in [5.41, 5.74) is 2.11. The van der Waals surface area contributed by atoms with E-state index in [1.165, 1.54) is 25.3 Å². The molecule has 0 aliphatic heterocycles. The summed E-state index contributed by atoms with van der Waals surface area (Å²) >= 11 is 0. The van der Waals surface area contributed by atoms with Crippen LogP contribution in [0.1, 0.15) is 17.2 Å². The van der Waals surface area contributed by atoms with Crippen molar-refractivity contribution in [2.75, 3.05) is 12.4 Å². The lowest BCUT2D eigenvalue weighted by atomic mass is 10.2. The van der Waals surface area contributed by atoms with Crippen LogP contribution in [0.4, 0.5) is 10.1 Å². The third kappa shape index (κ3) is 3.17. The normalized spacial score (nSPS) is 10.8. The largest absolute Gasteiger partial charge is 0.494 e. The number of rotatable bonds is 4. The van der Waals surface area contributed by atoms with Gasteiger partial charge in [0, 0.05) is 17.5 Å². The number of hydrogen-bond acceptors (Lipinski definition) is 5. The lowest BCUT2D eigenvalue weighted by Crippen LogP contribution is -2.16. The number of nitrogens with zero attached hydrogens (tertiary/aromatic N) is 4. The molecule has 0 saturated heterocycles. The Kier molecular flexibility index (Phi) is 4.11. The van der Waals surface area contributed by atoms with Gasteiger partial charge in [-0.05, 0) is 32.0 Å². The maximum atomic E-state index is 13.2. The summed E-state index contributed by atoms with van der Waals surface area (Å²) in [5, 5.41) is 6.95. The number of carbonyl (C=O) groups excluding carboxylic acids is 1. The third-order valence-corrected chi connectivity index (χ3v) is 3.42. The second kappa shape index (κ2) is 6.23. The Balaban J connectivity index is 1.79. The number of ether oxygens (including phenoxy) is 1. The maximum Gasteiger partial charge on any atom is 0.252 e. The van der Waals surface area contributed by atoms with Crippen molar-refractivity contribution in [3.8, 4) is 5.75 Å². The first-order chi connectivity index (χ1) is 11.5. The van der Waals surface area contributed by atoms with Crippen molar-refractivity contribution >= 4 is 17.4 Å². The molecule has 1 aromatic carbocycles. The molecule has 0 saturated carbocycles. The Morgan fingerprint density at radius 1 is 1.29 bits per heavy atom. The van der Waals surface area contributed by atoms with Crippen LogP contribution in [-0.2, 0) is 11.2 Å². The maximum absolute atomic E-state index is 13.2. The topological polar surface area (TPSA) is 81.4 Å². The Hall–Kier alpha value is -3.03. The van der Waals surface area contributed by atoms with Crippen molar-refractivity contribution < 1.29 is 13.9 Å². The zero-order chi connectivity index (χ0) is 17.3. The van der Waals surface area contributed by atoms with Gasteiger partial charge in [0.2, 0.25) is 5.91 Å². The highest BCUT2D eigenvalue weighted by Gasteiger charge is 2.14. The fraction of sp³-hybridized carbons (Fsp3) is 0.250.